The van der Waals surface area contributed by atoms with Crippen LogP contribution in [0.1, 0.15) is 39.0 Å². The quantitative estimate of drug-likeness (QED) is 0.735. The Morgan fingerprint density at radius 1 is 1.39 bits per heavy atom. The SMILES string of the molecule is CCOC(=O)CCNC(=O)C1CCCC(N)C1.Cl. The zero-order valence-electron chi connectivity index (χ0n) is 10.8. The van der Waals surface area contributed by atoms with E-state index in [1.807, 2.05) is 0 Å². The molecule has 6 heteroatoms. The van der Waals surface area contributed by atoms with Crippen molar-refractivity contribution < 1.29 is 14.3 Å². The molecule has 1 fully saturated rings. The molecule has 0 aromatic heterocycles. The Labute approximate surface area is 114 Å². The fraction of sp³-hybridized carbons (Fsp3) is 0.833. The summed E-state index contributed by atoms with van der Waals surface area (Å²) < 4.78 is 4.78. The molecule has 0 saturated heterocycles. The highest BCUT2D eigenvalue weighted by molar-refractivity contribution is 5.85. The van der Waals surface area contributed by atoms with E-state index >= 15 is 0 Å². The molecule has 1 amide bonds. The first-order valence-electron chi connectivity index (χ1n) is 6.32. The van der Waals surface area contributed by atoms with Crippen molar-refractivity contribution in [3.63, 3.8) is 0 Å². The van der Waals surface area contributed by atoms with Gasteiger partial charge >= 0.3 is 5.97 Å². The van der Waals surface area contributed by atoms with E-state index in [9.17, 15) is 9.59 Å². The summed E-state index contributed by atoms with van der Waals surface area (Å²) in [5.74, 6) is -0.237. The van der Waals surface area contributed by atoms with Gasteiger partial charge in [-0.1, -0.05) is 6.42 Å². The Bertz CT molecular complexity index is 274. The van der Waals surface area contributed by atoms with Crippen LogP contribution in [0.2, 0.25) is 0 Å². The molecule has 0 aromatic carbocycles. The van der Waals surface area contributed by atoms with Crippen molar-refractivity contribution in [3.8, 4) is 0 Å². The number of hydrogen-bond donors (Lipinski definition) is 2. The highest BCUT2D eigenvalue weighted by atomic mass is 35.5. The number of hydrogen-bond acceptors (Lipinski definition) is 4. The summed E-state index contributed by atoms with van der Waals surface area (Å²) in [6, 6.07) is 0.143. The summed E-state index contributed by atoms with van der Waals surface area (Å²) in [7, 11) is 0. The minimum Gasteiger partial charge on any atom is -0.466 e. The van der Waals surface area contributed by atoms with Crippen LogP contribution in [0.25, 0.3) is 0 Å². The second-order valence-corrected chi connectivity index (χ2v) is 4.47. The zero-order valence-corrected chi connectivity index (χ0v) is 11.6. The number of rotatable bonds is 5. The molecule has 0 bridgehead atoms. The summed E-state index contributed by atoms with van der Waals surface area (Å²) >= 11 is 0. The molecule has 2 atom stereocenters. The van der Waals surface area contributed by atoms with Gasteiger partial charge in [0.15, 0.2) is 0 Å². The number of esters is 1. The van der Waals surface area contributed by atoms with E-state index in [4.69, 9.17) is 10.5 Å². The van der Waals surface area contributed by atoms with Gasteiger partial charge in [0.25, 0.3) is 0 Å². The van der Waals surface area contributed by atoms with E-state index in [2.05, 4.69) is 5.32 Å². The highest BCUT2D eigenvalue weighted by Crippen LogP contribution is 2.22. The first-order valence-corrected chi connectivity index (χ1v) is 6.32. The van der Waals surface area contributed by atoms with E-state index in [0.717, 1.165) is 25.7 Å². The van der Waals surface area contributed by atoms with Crippen LogP contribution in [-0.4, -0.2) is 31.1 Å². The summed E-state index contributed by atoms with van der Waals surface area (Å²) in [5.41, 5.74) is 5.83. The standard InChI is InChI=1S/C12H22N2O3.ClH/c1-2-17-11(15)6-7-14-12(16)9-4-3-5-10(13)8-9;/h9-10H,2-8,13H2,1H3,(H,14,16);1H. The summed E-state index contributed by atoms with van der Waals surface area (Å²) in [6.45, 7) is 2.49. The van der Waals surface area contributed by atoms with Crippen molar-refractivity contribution in [2.75, 3.05) is 13.2 Å². The van der Waals surface area contributed by atoms with Crippen molar-refractivity contribution in [1.29, 1.82) is 0 Å². The van der Waals surface area contributed by atoms with Crippen molar-refractivity contribution in [1.82, 2.24) is 5.32 Å². The molecule has 1 aliphatic carbocycles. The third-order valence-corrected chi connectivity index (χ3v) is 3.02. The normalized spacial score (nSPS) is 22.8. The van der Waals surface area contributed by atoms with Crippen LogP contribution in [0.3, 0.4) is 0 Å². The predicted molar refractivity (Wildman–Crippen MR) is 71.4 cm³/mol. The molecule has 5 nitrogen and oxygen atoms in total. The number of nitrogens with one attached hydrogen (secondary N) is 1. The van der Waals surface area contributed by atoms with Crippen molar-refractivity contribution >= 4 is 24.3 Å². The molecule has 18 heavy (non-hydrogen) atoms. The molecule has 3 N–H and O–H groups in total. The summed E-state index contributed by atoms with van der Waals surface area (Å²) in [6.07, 6.45) is 3.91. The number of ether oxygens (including phenoxy) is 1. The molecular weight excluding hydrogens is 256 g/mol. The molecule has 0 aliphatic heterocycles. The van der Waals surface area contributed by atoms with Gasteiger partial charge in [0, 0.05) is 18.5 Å². The molecule has 0 aromatic rings. The Morgan fingerprint density at radius 3 is 2.72 bits per heavy atom. The Balaban J connectivity index is 0.00000289. The molecule has 0 radical (unpaired) electrons. The van der Waals surface area contributed by atoms with Gasteiger partial charge < -0.3 is 15.8 Å². The zero-order chi connectivity index (χ0) is 12.7. The maximum atomic E-state index is 11.8. The molecule has 106 valence electrons. The maximum Gasteiger partial charge on any atom is 0.307 e. The molecule has 0 spiro atoms. The lowest BCUT2D eigenvalue weighted by atomic mass is 9.85. The molecule has 1 aliphatic rings. The van der Waals surface area contributed by atoms with Crippen LogP contribution in [-0.2, 0) is 14.3 Å². The van der Waals surface area contributed by atoms with Crippen LogP contribution < -0.4 is 11.1 Å². The second-order valence-electron chi connectivity index (χ2n) is 4.47. The third kappa shape index (κ3) is 6.21. The van der Waals surface area contributed by atoms with Crippen LogP contribution in [0.15, 0.2) is 0 Å². The number of nitrogens with two attached hydrogens (primary N) is 1. The number of carbonyl (C=O) groups excluding carboxylic acids is 2. The Kier molecular flexibility index (Phi) is 8.75. The van der Waals surface area contributed by atoms with Crippen LogP contribution >= 0.6 is 12.4 Å². The van der Waals surface area contributed by atoms with Crippen LogP contribution in [0, 0.1) is 5.92 Å². The van der Waals surface area contributed by atoms with E-state index in [1.165, 1.54) is 0 Å². The number of halogens is 1. The van der Waals surface area contributed by atoms with Gasteiger partial charge in [-0.25, -0.2) is 0 Å². The van der Waals surface area contributed by atoms with Crippen LogP contribution in [0.5, 0.6) is 0 Å². The van der Waals surface area contributed by atoms with Gasteiger partial charge in [-0.2, -0.15) is 0 Å². The second kappa shape index (κ2) is 9.16. The molecule has 1 rings (SSSR count). The minimum atomic E-state index is -0.270. The Hall–Kier alpha value is -0.810. The predicted octanol–water partition coefficient (Wildman–Crippen LogP) is 0.995. The molecule has 2 unspecified atom stereocenters. The first kappa shape index (κ1) is 17.2. The minimum absolute atomic E-state index is 0. The first-order chi connectivity index (χ1) is 8.13. The van der Waals surface area contributed by atoms with Gasteiger partial charge in [0.2, 0.25) is 5.91 Å². The van der Waals surface area contributed by atoms with E-state index in [1.54, 1.807) is 6.92 Å². The van der Waals surface area contributed by atoms with Crippen molar-refractivity contribution in [2.45, 2.75) is 45.1 Å². The van der Waals surface area contributed by atoms with E-state index < -0.39 is 0 Å². The lowest BCUT2D eigenvalue weighted by molar-refractivity contribution is -0.143. The van der Waals surface area contributed by atoms with Gasteiger partial charge in [0.1, 0.15) is 0 Å². The lowest BCUT2D eigenvalue weighted by Crippen LogP contribution is -2.38. The summed E-state index contributed by atoms with van der Waals surface area (Å²) in [4.78, 5) is 22.8. The summed E-state index contributed by atoms with van der Waals surface area (Å²) in [5, 5.41) is 2.77. The molecular formula is C12H23ClN2O3. The van der Waals surface area contributed by atoms with Gasteiger partial charge in [-0.05, 0) is 26.2 Å². The van der Waals surface area contributed by atoms with Gasteiger partial charge in [-0.15, -0.1) is 12.4 Å². The van der Waals surface area contributed by atoms with Crippen LogP contribution in [0.4, 0.5) is 0 Å². The van der Waals surface area contributed by atoms with Gasteiger partial charge in [-0.3, -0.25) is 9.59 Å². The third-order valence-electron chi connectivity index (χ3n) is 3.02. The van der Waals surface area contributed by atoms with E-state index in [0.29, 0.717) is 13.2 Å². The number of carbonyl (C=O) groups is 2. The van der Waals surface area contributed by atoms with Crippen molar-refractivity contribution in [3.05, 3.63) is 0 Å². The van der Waals surface area contributed by atoms with Crippen molar-refractivity contribution in [2.24, 2.45) is 11.7 Å². The Morgan fingerprint density at radius 2 is 2.11 bits per heavy atom. The smallest absolute Gasteiger partial charge is 0.307 e. The molecule has 1 saturated carbocycles. The maximum absolute atomic E-state index is 11.8. The average molecular weight is 279 g/mol. The largest absolute Gasteiger partial charge is 0.466 e. The lowest BCUT2D eigenvalue weighted by Gasteiger charge is -2.25. The topological polar surface area (TPSA) is 81.4 Å². The fourth-order valence-electron chi connectivity index (χ4n) is 2.13. The monoisotopic (exact) mass is 278 g/mol. The number of amides is 1. The van der Waals surface area contributed by atoms with Gasteiger partial charge in [0.05, 0.1) is 13.0 Å². The highest BCUT2D eigenvalue weighted by Gasteiger charge is 2.24. The molecule has 0 heterocycles. The fourth-order valence-corrected chi connectivity index (χ4v) is 2.13. The average Bonchev–Trinajstić information content (AvgIpc) is 2.29. The van der Waals surface area contributed by atoms with E-state index in [-0.39, 0.29) is 42.7 Å².